The van der Waals surface area contributed by atoms with Crippen LogP contribution >= 0.6 is 0 Å². The highest BCUT2D eigenvalue weighted by Crippen LogP contribution is 2.12. The van der Waals surface area contributed by atoms with E-state index < -0.39 is 5.76 Å². The van der Waals surface area contributed by atoms with E-state index in [9.17, 15) is 9.59 Å². The number of aromatic nitrogens is 1. The lowest BCUT2D eigenvalue weighted by Crippen LogP contribution is -2.30. The summed E-state index contributed by atoms with van der Waals surface area (Å²) in [5, 5.41) is 2.98. The molecule has 1 heterocycles. The van der Waals surface area contributed by atoms with E-state index in [1.54, 1.807) is 18.2 Å². The zero-order valence-corrected chi connectivity index (χ0v) is 10.9. The zero-order chi connectivity index (χ0) is 13.8. The lowest BCUT2D eigenvalue weighted by molar-refractivity contribution is -0.143. The van der Waals surface area contributed by atoms with Crippen molar-refractivity contribution in [3.05, 3.63) is 34.3 Å². The van der Waals surface area contributed by atoms with Gasteiger partial charge in [-0.15, -0.1) is 0 Å². The largest absolute Gasteiger partial charge is 0.460 e. The molecule has 0 aliphatic heterocycles. The number of carbonyl (C=O) groups excluding carboxylic acids is 1. The molecular formula is C13H16N2O4. The van der Waals surface area contributed by atoms with Gasteiger partial charge in [-0.3, -0.25) is 9.78 Å². The van der Waals surface area contributed by atoms with Crippen LogP contribution in [0, 0.1) is 0 Å². The lowest BCUT2D eigenvalue weighted by atomic mass is 10.2. The summed E-state index contributed by atoms with van der Waals surface area (Å²) < 4.78 is 9.99. The number of fused-ring (bicyclic) bond motifs is 1. The Balaban J connectivity index is 1.94. The average Bonchev–Trinajstić information content (AvgIpc) is 2.73. The molecule has 2 N–H and O–H groups in total. The van der Waals surface area contributed by atoms with Crippen LogP contribution in [0.1, 0.15) is 19.4 Å². The molecule has 0 fully saturated rings. The number of rotatable bonds is 5. The second kappa shape index (κ2) is 5.71. The maximum absolute atomic E-state index is 11.4. The average molecular weight is 264 g/mol. The fourth-order valence-corrected chi connectivity index (χ4v) is 1.59. The van der Waals surface area contributed by atoms with E-state index in [2.05, 4.69) is 10.3 Å². The van der Waals surface area contributed by atoms with E-state index in [-0.39, 0.29) is 25.2 Å². The van der Waals surface area contributed by atoms with E-state index >= 15 is 0 Å². The standard InChI is InChI=1S/C13H16N2O4/c1-8(2)14-6-12(16)18-7-9-3-4-11-10(5-9)15-13(17)19-11/h3-5,8,14H,6-7H2,1-2H3,(H,15,17). The van der Waals surface area contributed by atoms with Crippen molar-refractivity contribution in [2.75, 3.05) is 6.54 Å². The fraction of sp³-hybridized carbons (Fsp3) is 0.385. The minimum atomic E-state index is -0.495. The van der Waals surface area contributed by atoms with Gasteiger partial charge in [0.1, 0.15) is 6.61 Å². The van der Waals surface area contributed by atoms with Crippen LogP contribution in [-0.2, 0) is 16.1 Å². The molecule has 0 aliphatic rings. The predicted molar refractivity (Wildman–Crippen MR) is 69.8 cm³/mol. The molecule has 2 rings (SSSR count). The number of oxazole rings is 1. The molecule has 0 aliphatic carbocycles. The molecule has 1 aromatic heterocycles. The van der Waals surface area contributed by atoms with Crippen LogP contribution < -0.4 is 11.1 Å². The lowest BCUT2D eigenvalue weighted by Gasteiger charge is -2.08. The Kier molecular flexibility index (Phi) is 4.01. The van der Waals surface area contributed by atoms with Crippen molar-refractivity contribution >= 4 is 17.1 Å². The highest BCUT2D eigenvalue weighted by Gasteiger charge is 2.06. The van der Waals surface area contributed by atoms with Crippen LogP contribution in [0.25, 0.3) is 11.1 Å². The Morgan fingerprint density at radius 2 is 2.26 bits per heavy atom. The highest BCUT2D eigenvalue weighted by molar-refractivity contribution is 5.73. The first-order valence-electron chi connectivity index (χ1n) is 6.05. The number of carbonyl (C=O) groups is 1. The number of aromatic amines is 1. The molecule has 0 unspecified atom stereocenters. The Labute approximate surface area is 109 Å². The summed E-state index contributed by atoms with van der Waals surface area (Å²) in [6.07, 6.45) is 0. The normalized spacial score (nSPS) is 11.1. The van der Waals surface area contributed by atoms with E-state index in [4.69, 9.17) is 9.15 Å². The second-order valence-corrected chi connectivity index (χ2v) is 4.54. The van der Waals surface area contributed by atoms with Crippen LogP contribution in [-0.4, -0.2) is 23.5 Å². The summed E-state index contributed by atoms with van der Waals surface area (Å²) in [6, 6.07) is 5.38. The third kappa shape index (κ3) is 3.69. The quantitative estimate of drug-likeness (QED) is 0.792. The first-order valence-corrected chi connectivity index (χ1v) is 6.05. The molecule has 0 saturated carbocycles. The molecule has 0 amide bonds. The van der Waals surface area contributed by atoms with Crippen LogP contribution in [0.3, 0.4) is 0 Å². The van der Waals surface area contributed by atoms with Gasteiger partial charge in [-0.05, 0) is 17.7 Å². The van der Waals surface area contributed by atoms with Gasteiger partial charge in [0, 0.05) is 6.04 Å². The number of H-pyrrole nitrogens is 1. The summed E-state index contributed by atoms with van der Waals surface area (Å²) >= 11 is 0. The third-order valence-electron chi connectivity index (χ3n) is 2.54. The third-order valence-corrected chi connectivity index (χ3v) is 2.54. The Hall–Kier alpha value is -2.08. The summed E-state index contributed by atoms with van der Waals surface area (Å²) in [6.45, 7) is 4.26. The zero-order valence-electron chi connectivity index (χ0n) is 10.9. The van der Waals surface area contributed by atoms with Crippen LogP contribution in [0.2, 0.25) is 0 Å². The number of ether oxygens (including phenoxy) is 1. The van der Waals surface area contributed by atoms with Gasteiger partial charge in [0.15, 0.2) is 5.58 Å². The van der Waals surface area contributed by atoms with Crippen molar-refractivity contribution in [3.63, 3.8) is 0 Å². The Morgan fingerprint density at radius 3 is 3.00 bits per heavy atom. The van der Waals surface area contributed by atoms with Gasteiger partial charge in [-0.25, -0.2) is 4.79 Å². The number of hydrogen-bond donors (Lipinski definition) is 2. The maximum atomic E-state index is 11.4. The van der Waals surface area contributed by atoms with E-state index in [0.717, 1.165) is 5.56 Å². The molecule has 1 aromatic carbocycles. The molecular weight excluding hydrogens is 248 g/mol. The van der Waals surface area contributed by atoms with Crippen LogP contribution in [0.15, 0.2) is 27.4 Å². The van der Waals surface area contributed by atoms with Gasteiger partial charge in [0.25, 0.3) is 0 Å². The van der Waals surface area contributed by atoms with Gasteiger partial charge in [-0.2, -0.15) is 0 Å². The number of hydrogen-bond acceptors (Lipinski definition) is 5. The number of benzene rings is 1. The molecule has 0 atom stereocenters. The van der Waals surface area contributed by atoms with Gasteiger partial charge >= 0.3 is 11.7 Å². The molecule has 0 bridgehead atoms. The summed E-state index contributed by atoms with van der Waals surface area (Å²) in [5.41, 5.74) is 1.88. The van der Waals surface area contributed by atoms with Gasteiger partial charge in [0.05, 0.1) is 12.1 Å². The first-order chi connectivity index (χ1) is 9.04. The fourth-order valence-electron chi connectivity index (χ4n) is 1.59. The molecule has 0 spiro atoms. The van der Waals surface area contributed by atoms with Gasteiger partial charge in [0.2, 0.25) is 0 Å². The van der Waals surface area contributed by atoms with Crippen molar-refractivity contribution in [2.45, 2.75) is 26.5 Å². The Morgan fingerprint density at radius 1 is 1.47 bits per heavy atom. The van der Waals surface area contributed by atoms with Gasteiger partial charge in [-0.1, -0.05) is 19.9 Å². The maximum Gasteiger partial charge on any atom is 0.417 e. The number of nitrogens with one attached hydrogen (secondary N) is 2. The smallest absolute Gasteiger partial charge is 0.417 e. The first kappa shape index (κ1) is 13.4. The minimum absolute atomic E-state index is 0.168. The topological polar surface area (TPSA) is 84.3 Å². The monoisotopic (exact) mass is 264 g/mol. The van der Waals surface area contributed by atoms with Crippen LogP contribution in [0.5, 0.6) is 0 Å². The van der Waals surface area contributed by atoms with Crippen molar-refractivity contribution < 1.29 is 13.9 Å². The Bertz CT molecular complexity index is 627. The van der Waals surface area contributed by atoms with E-state index in [1.807, 2.05) is 13.8 Å². The van der Waals surface area contributed by atoms with Crippen molar-refractivity contribution in [2.24, 2.45) is 0 Å². The molecule has 6 heteroatoms. The molecule has 0 saturated heterocycles. The molecule has 2 aromatic rings. The summed E-state index contributed by atoms with van der Waals surface area (Å²) in [7, 11) is 0. The molecule has 19 heavy (non-hydrogen) atoms. The minimum Gasteiger partial charge on any atom is -0.460 e. The summed E-state index contributed by atoms with van der Waals surface area (Å²) in [5.74, 6) is -0.806. The number of esters is 1. The van der Waals surface area contributed by atoms with Crippen molar-refractivity contribution in [1.82, 2.24) is 10.3 Å². The van der Waals surface area contributed by atoms with Crippen molar-refractivity contribution in [3.8, 4) is 0 Å². The highest BCUT2D eigenvalue weighted by atomic mass is 16.5. The second-order valence-electron chi connectivity index (χ2n) is 4.54. The molecule has 102 valence electrons. The van der Waals surface area contributed by atoms with Crippen LogP contribution in [0.4, 0.5) is 0 Å². The van der Waals surface area contributed by atoms with Crippen molar-refractivity contribution in [1.29, 1.82) is 0 Å². The SMILES string of the molecule is CC(C)NCC(=O)OCc1ccc2oc(=O)[nH]c2c1. The van der Waals surface area contributed by atoms with E-state index in [0.29, 0.717) is 11.1 Å². The predicted octanol–water partition coefficient (Wildman–Crippen LogP) is 1.16. The molecule has 0 radical (unpaired) electrons. The molecule has 6 nitrogen and oxygen atoms in total. The van der Waals surface area contributed by atoms with Gasteiger partial charge < -0.3 is 14.5 Å². The summed E-state index contributed by atoms with van der Waals surface area (Å²) in [4.78, 5) is 25.0. The van der Waals surface area contributed by atoms with E-state index in [1.165, 1.54) is 0 Å².